The highest BCUT2D eigenvalue weighted by atomic mass is 19.4. The number of halogens is 24. The standard InChI is InChI=1S/C16H6F24O2/c1-4(7(19,20)21)5(41)42-3-2-6(17,18)8(22,23)9(24,25)10(26,27)11(28,29)12(30,31)13(32,33)14(34,35)15(36,37)16(38,39)40/h1-3H2. The lowest BCUT2D eigenvalue weighted by Crippen LogP contribution is -2.76. The Hall–Kier alpha value is -2.47. The molecule has 0 aliphatic rings. The lowest BCUT2D eigenvalue weighted by atomic mass is 9.86. The molecular weight excluding hydrogens is 680 g/mol. The normalized spacial score (nSPS) is 16.0. The lowest BCUT2D eigenvalue weighted by Gasteiger charge is -2.44. The molecule has 2 nitrogen and oxygen atoms in total. The molecule has 0 radical (unpaired) electrons. The largest absolute Gasteiger partial charge is 0.462 e. The van der Waals surface area contributed by atoms with Gasteiger partial charge in [0.1, 0.15) is 5.57 Å². The number of alkyl halides is 24. The SMILES string of the molecule is C=C(C(=O)OCCC(F)(F)C(F)(F)C(F)(F)C(F)(F)C(F)(F)C(F)(F)C(F)(F)C(F)(F)C(F)(F)C(F)(F)F)C(F)(F)F. The van der Waals surface area contributed by atoms with E-state index >= 15 is 0 Å². The maximum atomic E-state index is 13.7. The Bertz CT molecular complexity index is 1010. The predicted molar refractivity (Wildman–Crippen MR) is 81.3 cm³/mol. The first-order valence-corrected chi connectivity index (χ1v) is 9.19. The highest BCUT2D eigenvalue weighted by Gasteiger charge is 2.97. The van der Waals surface area contributed by atoms with Crippen LogP contribution >= 0.6 is 0 Å². The fourth-order valence-electron chi connectivity index (χ4n) is 2.22. The van der Waals surface area contributed by atoms with Gasteiger partial charge in [0.2, 0.25) is 0 Å². The molecule has 0 unspecified atom stereocenters. The van der Waals surface area contributed by atoms with Crippen molar-refractivity contribution in [1.82, 2.24) is 0 Å². The summed E-state index contributed by atoms with van der Waals surface area (Å²) in [5, 5.41) is 0. The van der Waals surface area contributed by atoms with Crippen LogP contribution in [0.25, 0.3) is 0 Å². The molecule has 0 aromatic rings. The number of ether oxygens (including phenoxy) is 1. The fraction of sp³-hybridized carbons (Fsp3) is 0.812. The van der Waals surface area contributed by atoms with Gasteiger partial charge in [-0.3, -0.25) is 0 Å². The van der Waals surface area contributed by atoms with Crippen molar-refractivity contribution in [1.29, 1.82) is 0 Å². The Morgan fingerprint density at radius 3 is 0.976 bits per heavy atom. The van der Waals surface area contributed by atoms with E-state index in [0.717, 1.165) is 0 Å². The summed E-state index contributed by atoms with van der Waals surface area (Å²) in [5.41, 5.74) is -2.61. The summed E-state index contributed by atoms with van der Waals surface area (Å²) in [6.07, 6.45) is -17.2. The molecule has 250 valence electrons. The zero-order valence-electron chi connectivity index (χ0n) is 18.5. The van der Waals surface area contributed by atoms with Gasteiger partial charge < -0.3 is 4.74 Å². The molecule has 0 aliphatic heterocycles. The molecule has 0 aromatic heterocycles. The molecule has 0 saturated heterocycles. The Balaban J connectivity index is 6.66. The van der Waals surface area contributed by atoms with E-state index in [0.29, 0.717) is 0 Å². The van der Waals surface area contributed by atoms with Gasteiger partial charge in [-0.25, -0.2) is 4.79 Å². The van der Waals surface area contributed by atoms with Crippen molar-refractivity contribution in [3.05, 3.63) is 12.2 Å². The van der Waals surface area contributed by atoms with Crippen molar-refractivity contribution in [3.8, 4) is 0 Å². The minimum absolute atomic E-state index is 1.94. The number of carbonyl (C=O) groups excluding carboxylic acids is 1. The third-order valence-electron chi connectivity index (χ3n) is 4.81. The smallest absolute Gasteiger partial charge is 0.460 e. The van der Waals surface area contributed by atoms with Crippen molar-refractivity contribution in [2.75, 3.05) is 6.61 Å². The first kappa shape index (κ1) is 39.5. The van der Waals surface area contributed by atoms with Crippen LogP contribution in [0.4, 0.5) is 105 Å². The minimum atomic E-state index is -9.33. The van der Waals surface area contributed by atoms with Gasteiger partial charge in [-0.15, -0.1) is 0 Å². The maximum Gasteiger partial charge on any atom is 0.460 e. The average Bonchev–Trinajstić information content (AvgIpc) is 2.75. The van der Waals surface area contributed by atoms with Crippen molar-refractivity contribution < 1.29 is 115 Å². The number of carbonyl (C=O) groups is 1. The summed E-state index contributed by atoms with van der Waals surface area (Å²) in [6, 6.07) is 0. The number of hydrogen-bond donors (Lipinski definition) is 0. The summed E-state index contributed by atoms with van der Waals surface area (Å²) in [4.78, 5) is 10.8. The van der Waals surface area contributed by atoms with Crippen LogP contribution in [0, 0.1) is 0 Å². The van der Waals surface area contributed by atoms with Crippen LogP contribution in [0.3, 0.4) is 0 Å². The molecule has 0 rings (SSSR count). The number of rotatable bonds is 12. The number of esters is 1. The van der Waals surface area contributed by atoms with Crippen LogP contribution in [0.15, 0.2) is 12.2 Å². The maximum absolute atomic E-state index is 13.7. The van der Waals surface area contributed by atoms with Gasteiger partial charge in [-0.1, -0.05) is 6.58 Å². The third kappa shape index (κ3) is 5.49. The van der Waals surface area contributed by atoms with E-state index in [-0.39, 0.29) is 0 Å². The second kappa shape index (κ2) is 10.3. The van der Waals surface area contributed by atoms with E-state index in [1.165, 1.54) is 0 Å². The molecule has 0 bridgehead atoms. The highest BCUT2D eigenvalue weighted by Crippen LogP contribution is 2.66. The van der Waals surface area contributed by atoms with Gasteiger partial charge in [0.05, 0.1) is 13.0 Å². The zero-order valence-corrected chi connectivity index (χ0v) is 18.5. The van der Waals surface area contributed by atoms with Crippen LogP contribution in [0.5, 0.6) is 0 Å². The number of hydrogen-bond acceptors (Lipinski definition) is 2. The Morgan fingerprint density at radius 2 is 0.714 bits per heavy atom. The first-order chi connectivity index (χ1) is 17.8. The van der Waals surface area contributed by atoms with Crippen molar-refractivity contribution in [2.24, 2.45) is 0 Å². The van der Waals surface area contributed by atoms with Crippen LogP contribution in [0.1, 0.15) is 6.42 Å². The van der Waals surface area contributed by atoms with Gasteiger partial charge in [-0.2, -0.15) is 105 Å². The molecule has 0 amide bonds. The summed E-state index contributed by atoms with van der Waals surface area (Å²) < 4.78 is 317. The molecule has 26 heteroatoms. The average molecular weight is 686 g/mol. The molecular formula is C16H6F24O2. The van der Waals surface area contributed by atoms with Crippen molar-refractivity contribution in [2.45, 2.75) is 72.1 Å². The second-order valence-electron chi connectivity index (χ2n) is 7.66. The van der Waals surface area contributed by atoms with E-state index in [1.807, 2.05) is 6.58 Å². The van der Waals surface area contributed by atoms with Gasteiger partial charge in [0.25, 0.3) is 0 Å². The summed E-state index contributed by atoms with van der Waals surface area (Å²) in [6.45, 7) is -0.707. The zero-order chi connectivity index (χ0) is 34.8. The monoisotopic (exact) mass is 686 g/mol. The predicted octanol–water partition coefficient (Wildman–Crippen LogP) is 8.32. The molecule has 0 atom stereocenters. The molecule has 0 spiro atoms. The highest BCUT2D eigenvalue weighted by molar-refractivity contribution is 5.89. The Kier molecular flexibility index (Phi) is 9.71. The third-order valence-corrected chi connectivity index (χ3v) is 4.81. The Labute approximate surface area is 213 Å². The van der Waals surface area contributed by atoms with Gasteiger partial charge >= 0.3 is 71.6 Å². The molecule has 0 heterocycles. The van der Waals surface area contributed by atoms with E-state index in [4.69, 9.17) is 0 Å². The lowest BCUT2D eigenvalue weighted by molar-refractivity contribution is -0.474. The molecule has 42 heavy (non-hydrogen) atoms. The van der Waals surface area contributed by atoms with Crippen LogP contribution < -0.4 is 0 Å². The summed E-state index contributed by atoms with van der Waals surface area (Å²) >= 11 is 0. The quantitative estimate of drug-likeness (QED) is 0.117. The minimum Gasteiger partial charge on any atom is -0.462 e. The van der Waals surface area contributed by atoms with Crippen molar-refractivity contribution >= 4 is 5.97 Å². The molecule has 0 aliphatic carbocycles. The van der Waals surface area contributed by atoms with Crippen LogP contribution in [-0.2, 0) is 9.53 Å². The second-order valence-corrected chi connectivity index (χ2v) is 7.66. The molecule has 0 saturated carbocycles. The van der Waals surface area contributed by atoms with E-state index in [9.17, 15) is 110 Å². The van der Waals surface area contributed by atoms with E-state index in [2.05, 4.69) is 4.74 Å². The van der Waals surface area contributed by atoms with E-state index in [1.54, 1.807) is 0 Å². The Morgan fingerprint density at radius 1 is 0.452 bits per heavy atom. The first-order valence-electron chi connectivity index (χ1n) is 9.19. The van der Waals surface area contributed by atoms with Gasteiger partial charge in [-0.05, 0) is 0 Å². The van der Waals surface area contributed by atoms with Crippen molar-refractivity contribution in [3.63, 3.8) is 0 Å². The van der Waals surface area contributed by atoms with E-state index < -0.39 is 90.2 Å². The molecule has 0 N–H and O–H groups in total. The van der Waals surface area contributed by atoms with Crippen LogP contribution in [0.2, 0.25) is 0 Å². The van der Waals surface area contributed by atoms with Crippen LogP contribution in [-0.4, -0.2) is 78.2 Å². The molecule has 0 aromatic carbocycles. The summed E-state index contributed by atoms with van der Waals surface area (Å²) in [7, 11) is 0. The summed E-state index contributed by atoms with van der Waals surface area (Å²) in [5.74, 6) is -81.7. The molecule has 0 fully saturated rings. The van der Waals surface area contributed by atoms with Gasteiger partial charge in [0, 0.05) is 0 Å². The topological polar surface area (TPSA) is 26.3 Å². The van der Waals surface area contributed by atoms with Gasteiger partial charge in [0.15, 0.2) is 0 Å². The fourth-order valence-corrected chi connectivity index (χ4v) is 2.22.